The van der Waals surface area contributed by atoms with Crippen molar-refractivity contribution < 1.29 is 19.4 Å². The maximum atomic E-state index is 11.0. The van der Waals surface area contributed by atoms with Gasteiger partial charge in [0.15, 0.2) is 11.5 Å². The van der Waals surface area contributed by atoms with Gasteiger partial charge in [-0.05, 0) is 53.4 Å². The zero-order valence-corrected chi connectivity index (χ0v) is 12.6. The second-order valence-electron chi connectivity index (χ2n) is 4.77. The highest BCUT2D eigenvalue weighted by atomic mass is 79.9. The van der Waals surface area contributed by atoms with Crippen molar-refractivity contribution in [3.63, 3.8) is 0 Å². The van der Waals surface area contributed by atoms with Crippen LogP contribution in [0, 0.1) is 0 Å². The molecule has 0 spiro atoms. The minimum Gasteiger partial charge on any atom is -0.492 e. The number of ether oxygens (including phenoxy) is 2. The Morgan fingerprint density at radius 2 is 2.16 bits per heavy atom. The molecule has 0 heterocycles. The molecule has 1 aromatic rings. The summed E-state index contributed by atoms with van der Waals surface area (Å²) < 4.78 is 11.7. The predicted octanol–water partition coefficient (Wildman–Crippen LogP) is 3.36. The van der Waals surface area contributed by atoms with Gasteiger partial charge >= 0.3 is 5.97 Å². The van der Waals surface area contributed by atoms with Crippen LogP contribution in [0.3, 0.4) is 0 Å². The van der Waals surface area contributed by atoms with E-state index < -0.39 is 5.97 Å². The van der Waals surface area contributed by atoms with Gasteiger partial charge < -0.3 is 14.6 Å². The van der Waals surface area contributed by atoms with Crippen LogP contribution in [0.5, 0.6) is 11.5 Å². The number of hydrogen-bond acceptors (Lipinski definition) is 3. The van der Waals surface area contributed by atoms with Gasteiger partial charge in [0.05, 0.1) is 24.6 Å². The monoisotopic (exact) mass is 328 g/mol. The molecule has 4 nitrogen and oxygen atoms in total. The topological polar surface area (TPSA) is 55.8 Å². The molecule has 2 rings (SSSR count). The standard InChI is InChI=1S/C14H17BrO4/c1-3-19-11-7-9(6-10(15)13(11)18-2)14(4-5-14)8-12(16)17/h6-7H,3-5,8H2,1-2H3,(H,16,17). The fourth-order valence-corrected chi connectivity index (χ4v) is 2.95. The lowest BCUT2D eigenvalue weighted by Crippen LogP contribution is -2.13. The van der Waals surface area contributed by atoms with Gasteiger partial charge in [-0.1, -0.05) is 0 Å². The van der Waals surface area contributed by atoms with Crippen LogP contribution in [0.15, 0.2) is 16.6 Å². The van der Waals surface area contributed by atoms with Crippen molar-refractivity contribution in [1.29, 1.82) is 0 Å². The SMILES string of the molecule is CCOc1cc(C2(CC(=O)O)CC2)cc(Br)c1OC. The van der Waals surface area contributed by atoms with Gasteiger partial charge in [-0.25, -0.2) is 0 Å². The molecule has 1 aliphatic carbocycles. The van der Waals surface area contributed by atoms with E-state index in [0.717, 1.165) is 22.9 Å². The molecule has 5 heteroatoms. The summed E-state index contributed by atoms with van der Waals surface area (Å²) in [4.78, 5) is 11.0. The van der Waals surface area contributed by atoms with E-state index in [4.69, 9.17) is 14.6 Å². The number of aliphatic carboxylic acids is 1. The summed E-state index contributed by atoms with van der Waals surface area (Å²) in [5.41, 5.74) is 0.776. The van der Waals surface area contributed by atoms with Crippen molar-refractivity contribution in [2.75, 3.05) is 13.7 Å². The molecule has 0 radical (unpaired) electrons. The Morgan fingerprint density at radius 3 is 2.63 bits per heavy atom. The Morgan fingerprint density at radius 1 is 1.47 bits per heavy atom. The molecular formula is C14H17BrO4. The lowest BCUT2D eigenvalue weighted by molar-refractivity contribution is -0.137. The third kappa shape index (κ3) is 2.86. The Hall–Kier alpha value is -1.23. The smallest absolute Gasteiger partial charge is 0.304 e. The maximum absolute atomic E-state index is 11.0. The molecule has 1 aromatic carbocycles. The molecule has 0 aromatic heterocycles. The van der Waals surface area contributed by atoms with Crippen molar-refractivity contribution >= 4 is 21.9 Å². The summed E-state index contributed by atoms with van der Waals surface area (Å²) in [6.45, 7) is 2.45. The summed E-state index contributed by atoms with van der Waals surface area (Å²) in [6.07, 6.45) is 1.98. The maximum Gasteiger partial charge on any atom is 0.304 e. The van der Waals surface area contributed by atoms with E-state index in [-0.39, 0.29) is 11.8 Å². The molecular weight excluding hydrogens is 312 g/mol. The lowest BCUT2D eigenvalue weighted by Gasteiger charge is -2.18. The Kier molecular flexibility index (Phi) is 4.04. The third-order valence-electron chi connectivity index (χ3n) is 3.47. The molecule has 0 saturated heterocycles. The number of carboxylic acids is 1. The quantitative estimate of drug-likeness (QED) is 0.869. The number of carboxylic acid groups (broad SMARTS) is 1. The van der Waals surface area contributed by atoms with E-state index in [2.05, 4.69) is 15.9 Å². The van der Waals surface area contributed by atoms with Crippen LogP contribution < -0.4 is 9.47 Å². The van der Waals surface area contributed by atoms with Crippen LogP contribution in [0.1, 0.15) is 31.7 Å². The molecule has 0 unspecified atom stereocenters. The van der Waals surface area contributed by atoms with E-state index in [1.165, 1.54) is 0 Å². The number of carbonyl (C=O) groups is 1. The second kappa shape index (κ2) is 5.41. The second-order valence-corrected chi connectivity index (χ2v) is 5.63. The molecule has 1 aliphatic rings. The van der Waals surface area contributed by atoms with Crippen molar-refractivity contribution in [1.82, 2.24) is 0 Å². The highest BCUT2D eigenvalue weighted by Gasteiger charge is 2.46. The first-order valence-corrected chi connectivity index (χ1v) is 7.04. The molecule has 1 saturated carbocycles. The van der Waals surface area contributed by atoms with Crippen LogP contribution in [0.25, 0.3) is 0 Å². The minimum atomic E-state index is -0.762. The van der Waals surface area contributed by atoms with Crippen LogP contribution in [0.4, 0.5) is 0 Å². The zero-order chi connectivity index (χ0) is 14.0. The Labute approximate surface area is 120 Å². The number of hydrogen-bond donors (Lipinski definition) is 1. The first-order valence-electron chi connectivity index (χ1n) is 6.25. The molecule has 0 amide bonds. The van der Waals surface area contributed by atoms with E-state index in [1.54, 1.807) is 7.11 Å². The number of methoxy groups -OCH3 is 1. The molecule has 104 valence electrons. The highest BCUT2D eigenvalue weighted by molar-refractivity contribution is 9.10. The summed E-state index contributed by atoms with van der Waals surface area (Å²) in [7, 11) is 1.59. The van der Waals surface area contributed by atoms with Crippen molar-refractivity contribution in [3.05, 3.63) is 22.2 Å². The van der Waals surface area contributed by atoms with Crippen LogP contribution in [-0.4, -0.2) is 24.8 Å². The molecule has 0 bridgehead atoms. The number of rotatable bonds is 6. The van der Waals surface area contributed by atoms with Gasteiger partial charge in [0.25, 0.3) is 0 Å². The zero-order valence-electron chi connectivity index (χ0n) is 11.0. The lowest BCUT2D eigenvalue weighted by atomic mass is 9.92. The average Bonchev–Trinajstić information content (AvgIpc) is 3.09. The number of benzene rings is 1. The van der Waals surface area contributed by atoms with Crippen LogP contribution in [-0.2, 0) is 10.2 Å². The summed E-state index contributed by atoms with van der Waals surface area (Å²) in [5.74, 6) is 0.546. The summed E-state index contributed by atoms with van der Waals surface area (Å²) >= 11 is 3.46. The summed E-state index contributed by atoms with van der Waals surface area (Å²) in [6, 6.07) is 3.85. The molecule has 1 fully saturated rings. The fourth-order valence-electron chi connectivity index (χ4n) is 2.34. The van der Waals surface area contributed by atoms with Crippen LogP contribution in [0.2, 0.25) is 0 Å². The predicted molar refractivity (Wildman–Crippen MR) is 75.0 cm³/mol. The first-order chi connectivity index (χ1) is 9.02. The van der Waals surface area contributed by atoms with Gasteiger partial charge in [-0.2, -0.15) is 0 Å². The van der Waals surface area contributed by atoms with Crippen molar-refractivity contribution in [2.45, 2.75) is 31.6 Å². The fraction of sp³-hybridized carbons (Fsp3) is 0.500. The third-order valence-corrected chi connectivity index (χ3v) is 4.06. The number of halogens is 1. The van der Waals surface area contributed by atoms with Crippen molar-refractivity contribution in [3.8, 4) is 11.5 Å². The first kappa shape index (κ1) is 14.2. The van der Waals surface area contributed by atoms with Gasteiger partial charge in [0, 0.05) is 5.41 Å². The normalized spacial score (nSPS) is 15.9. The molecule has 1 N–H and O–H groups in total. The Balaban J connectivity index is 2.39. The van der Waals surface area contributed by atoms with E-state index in [1.807, 2.05) is 19.1 Å². The van der Waals surface area contributed by atoms with Gasteiger partial charge in [-0.3, -0.25) is 4.79 Å². The van der Waals surface area contributed by atoms with Gasteiger partial charge in [0.2, 0.25) is 0 Å². The molecule has 0 aliphatic heterocycles. The molecule has 19 heavy (non-hydrogen) atoms. The minimum absolute atomic E-state index is 0.164. The average molecular weight is 329 g/mol. The van der Waals surface area contributed by atoms with Crippen LogP contribution >= 0.6 is 15.9 Å². The highest BCUT2D eigenvalue weighted by Crippen LogP contribution is 2.53. The van der Waals surface area contributed by atoms with Gasteiger partial charge in [0.1, 0.15) is 0 Å². The largest absolute Gasteiger partial charge is 0.492 e. The van der Waals surface area contributed by atoms with E-state index in [0.29, 0.717) is 18.1 Å². The Bertz CT molecular complexity index is 494. The molecule has 0 atom stereocenters. The van der Waals surface area contributed by atoms with Crippen molar-refractivity contribution in [2.24, 2.45) is 0 Å². The van der Waals surface area contributed by atoms with E-state index in [9.17, 15) is 4.79 Å². The summed E-state index contributed by atoms with van der Waals surface area (Å²) in [5, 5.41) is 9.03. The van der Waals surface area contributed by atoms with E-state index >= 15 is 0 Å². The van der Waals surface area contributed by atoms with Gasteiger partial charge in [-0.15, -0.1) is 0 Å².